The van der Waals surface area contributed by atoms with Gasteiger partial charge in [0, 0.05) is 29.2 Å². The number of carbonyl (C=O) groups excluding carboxylic acids is 1. The number of nitrogens with zero attached hydrogens (tertiary/aromatic N) is 4. The highest BCUT2D eigenvalue weighted by Gasteiger charge is 2.17. The lowest BCUT2D eigenvalue weighted by molar-refractivity contribution is 0.0769. The van der Waals surface area contributed by atoms with E-state index in [9.17, 15) is 4.79 Å². The topological polar surface area (TPSA) is 60.2 Å². The molecule has 6 nitrogen and oxygen atoms in total. The fourth-order valence-electron chi connectivity index (χ4n) is 2.81. The SMILES string of the molecule is CN(CCOc1cccc(Cl)c1)C(=O)c1csc(-c2cnn(-c3ccccc3)c2)n1. The quantitative estimate of drug-likeness (QED) is 0.416. The molecule has 0 aliphatic carbocycles. The Bertz CT molecular complexity index is 1140. The first kappa shape index (κ1) is 20.1. The van der Waals surface area contributed by atoms with Crippen molar-refractivity contribution in [2.75, 3.05) is 20.2 Å². The predicted molar refractivity (Wildman–Crippen MR) is 119 cm³/mol. The summed E-state index contributed by atoms with van der Waals surface area (Å²) < 4.78 is 7.44. The Labute approximate surface area is 183 Å². The summed E-state index contributed by atoms with van der Waals surface area (Å²) in [5.41, 5.74) is 2.25. The molecule has 2 heterocycles. The van der Waals surface area contributed by atoms with E-state index in [4.69, 9.17) is 16.3 Å². The fourth-order valence-corrected chi connectivity index (χ4v) is 3.76. The summed E-state index contributed by atoms with van der Waals surface area (Å²) >= 11 is 7.37. The number of para-hydroxylation sites is 1. The molecular formula is C22H19ClN4O2S. The zero-order valence-electron chi connectivity index (χ0n) is 16.2. The van der Waals surface area contributed by atoms with Gasteiger partial charge in [0.1, 0.15) is 23.1 Å². The van der Waals surface area contributed by atoms with E-state index in [1.54, 1.807) is 40.3 Å². The van der Waals surface area contributed by atoms with E-state index in [-0.39, 0.29) is 5.91 Å². The highest BCUT2D eigenvalue weighted by molar-refractivity contribution is 7.13. The summed E-state index contributed by atoms with van der Waals surface area (Å²) in [5, 5.41) is 7.53. The monoisotopic (exact) mass is 438 g/mol. The molecule has 0 saturated carbocycles. The van der Waals surface area contributed by atoms with Crippen LogP contribution in [0.2, 0.25) is 5.02 Å². The van der Waals surface area contributed by atoms with Crippen LogP contribution in [-0.4, -0.2) is 45.8 Å². The Morgan fingerprint density at radius 2 is 2.03 bits per heavy atom. The number of likely N-dealkylation sites (N-methyl/N-ethyl adjacent to an activating group) is 1. The maximum atomic E-state index is 12.7. The van der Waals surface area contributed by atoms with E-state index < -0.39 is 0 Å². The van der Waals surface area contributed by atoms with Crippen LogP contribution in [0.4, 0.5) is 0 Å². The van der Waals surface area contributed by atoms with Gasteiger partial charge in [-0.1, -0.05) is 35.9 Å². The summed E-state index contributed by atoms with van der Waals surface area (Å²) in [7, 11) is 1.73. The second kappa shape index (κ2) is 9.11. The van der Waals surface area contributed by atoms with Crippen molar-refractivity contribution in [2.24, 2.45) is 0 Å². The molecule has 0 aliphatic rings. The van der Waals surface area contributed by atoms with Crippen molar-refractivity contribution >= 4 is 28.8 Å². The summed E-state index contributed by atoms with van der Waals surface area (Å²) in [4.78, 5) is 18.8. The van der Waals surface area contributed by atoms with Gasteiger partial charge in [-0.3, -0.25) is 4.79 Å². The van der Waals surface area contributed by atoms with Gasteiger partial charge in [0.15, 0.2) is 0 Å². The van der Waals surface area contributed by atoms with Gasteiger partial charge in [-0.25, -0.2) is 9.67 Å². The van der Waals surface area contributed by atoms with Crippen LogP contribution in [0.25, 0.3) is 16.3 Å². The van der Waals surface area contributed by atoms with Crippen LogP contribution in [0.1, 0.15) is 10.5 Å². The molecule has 0 spiro atoms. The zero-order valence-corrected chi connectivity index (χ0v) is 17.8. The third-order valence-corrected chi connectivity index (χ3v) is 5.54. The predicted octanol–water partition coefficient (Wildman–Crippen LogP) is 4.80. The Morgan fingerprint density at radius 3 is 2.83 bits per heavy atom. The van der Waals surface area contributed by atoms with Gasteiger partial charge in [0.05, 0.1) is 18.4 Å². The minimum atomic E-state index is -0.150. The summed E-state index contributed by atoms with van der Waals surface area (Å²) in [6.07, 6.45) is 3.66. The molecule has 0 saturated heterocycles. The zero-order chi connectivity index (χ0) is 20.9. The number of halogens is 1. The van der Waals surface area contributed by atoms with E-state index >= 15 is 0 Å². The van der Waals surface area contributed by atoms with Crippen LogP contribution in [0.15, 0.2) is 72.4 Å². The van der Waals surface area contributed by atoms with Crippen LogP contribution >= 0.6 is 22.9 Å². The van der Waals surface area contributed by atoms with Crippen molar-refractivity contribution in [3.8, 4) is 22.0 Å². The van der Waals surface area contributed by atoms with Crippen molar-refractivity contribution in [2.45, 2.75) is 0 Å². The minimum Gasteiger partial charge on any atom is -0.492 e. The molecule has 0 aliphatic heterocycles. The standard InChI is InChI=1S/C22H19ClN4O2S/c1-26(10-11-29-19-9-5-6-17(23)12-19)22(28)20-15-30-21(25-20)16-13-24-27(14-16)18-7-3-2-4-8-18/h2-9,12-15H,10-11H2,1H3. The number of hydrogen-bond acceptors (Lipinski definition) is 5. The van der Waals surface area contributed by atoms with Crippen LogP contribution in [0.5, 0.6) is 5.75 Å². The molecule has 0 bridgehead atoms. The van der Waals surface area contributed by atoms with E-state index in [0.717, 1.165) is 16.3 Å². The average Bonchev–Trinajstić information content (AvgIpc) is 3.44. The molecule has 0 fully saturated rings. The van der Waals surface area contributed by atoms with Crippen LogP contribution in [0, 0.1) is 0 Å². The number of hydrogen-bond donors (Lipinski definition) is 0. The molecule has 0 N–H and O–H groups in total. The van der Waals surface area contributed by atoms with Crippen LogP contribution < -0.4 is 4.74 Å². The van der Waals surface area contributed by atoms with E-state index in [1.807, 2.05) is 48.7 Å². The van der Waals surface area contributed by atoms with Crippen LogP contribution in [-0.2, 0) is 0 Å². The second-order valence-corrected chi connectivity index (χ2v) is 7.87. The van der Waals surface area contributed by atoms with E-state index in [0.29, 0.717) is 29.6 Å². The summed E-state index contributed by atoms with van der Waals surface area (Å²) in [5.74, 6) is 0.525. The molecule has 8 heteroatoms. The third-order valence-electron chi connectivity index (χ3n) is 4.41. The van der Waals surface area contributed by atoms with Gasteiger partial charge < -0.3 is 9.64 Å². The van der Waals surface area contributed by atoms with Crippen molar-refractivity contribution in [1.29, 1.82) is 0 Å². The average molecular weight is 439 g/mol. The number of benzene rings is 2. The number of carbonyl (C=O) groups is 1. The first-order valence-electron chi connectivity index (χ1n) is 9.30. The van der Waals surface area contributed by atoms with Gasteiger partial charge in [-0.15, -0.1) is 11.3 Å². The Kier molecular flexibility index (Phi) is 6.11. The lowest BCUT2D eigenvalue weighted by Gasteiger charge is -2.16. The molecule has 4 aromatic rings. The van der Waals surface area contributed by atoms with Crippen molar-refractivity contribution in [3.05, 3.63) is 83.1 Å². The van der Waals surface area contributed by atoms with E-state index in [1.165, 1.54) is 11.3 Å². The summed E-state index contributed by atoms with van der Waals surface area (Å²) in [6.45, 7) is 0.799. The van der Waals surface area contributed by atoms with Gasteiger partial charge >= 0.3 is 0 Å². The Morgan fingerprint density at radius 1 is 1.20 bits per heavy atom. The molecule has 152 valence electrons. The first-order valence-corrected chi connectivity index (χ1v) is 10.6. The number of ether oxygens (including phenoxy) is 1. The second-order valence-electron chi connectivity index (χ2n) is 6.58. The molecule has 0 atom stereocenters. The van der Waals surface area contributed by atoms with Gasteiger partial charge in [-0.2, -0.15) is 5.10 Å². The maximum Gasteiger partial charge on any atom is 0.273 e. The van der Waals surface area contributed by atoms with Gasteiger partial charge in [0.2, 0.25) is 0 Å². The lowest BCUT2D eigenvalue weighted by Crippen LogP contribution is -2.31. The normalized spacial score (nSPS) is 10.7. The van der Waals surface area contributed by atoms with Crippen LogP contribution in [0.3, 0.4) is 0 Å². The molecule has 2 aromatic carbocycles. The minimum absolute atomic E-state index is 0.150. The fraction of sp³-hybridized carbons (Fsp3) is 0.136. The van der Waals surface area contributed by atoms with Gasteiger partial charge in [0.25, 0.3) is 5.91 Å². The molecule has 4 rings (SSSR count). The molecular weight excluding hydrogens is 420 g/mol. The molecule has 0 radical (unpaired) electrons. The van der Waals surface area contributed by atoms with E-state index in [2.05, 4.69) is 10.1 Å². The summed E-state index contributed by atoms with van der Waals surface area (Å²) in [6, 6.07) is 17.0. The molecule has 2 aromatic heterocycles. The van der Waals surface area contributed by atoms with Crippen molar-refractivity contribution in [3.63, 3.8) is 0 Å². The number of aromatic nitrogens is 3. The Hall–Kier alpha value is -3.16. The largest absolute Gasteiger partial charge is 0.492 e. The smallest absolute Gasteiger partial charge is 0.273 e. The highest BCUT2D eigenvalue weighted by Crippen LogP contribution is 2.25. The van der Waals surface area contributed by atoms with Crippen molar-refractivity contribution in [1.82, 2.24) is 19.7 Å². The third kappa shape index (κ3) is 4.69. The molecule has 0 unspecified atom stereocenters. The first-order chi connectivity index (χ1) is 14.6. The maximum absolute atomic E-state index is 12.7. The highest BCUT2D eigenvalue weighted by atomic mass is 35.5. The van der Waals surface area contributed by atoms with Gasteiger partial charge in [-0.05, 0) is 30.3 Å². The number of thiazole rings is 1. The molecule has 30 heavy (non-hydrogen) atoms. The molecule has 1 amide bonds. The number of amides is 1. The number of rotatable bonds is 7. The van der Waals surface area contributed by atoms with Crippen molar-refractivity contribution < 1.29 is 9.53 Å². The Balaban J connectivity index is 1.37. The lowest BCUT2D eigenvalue weighted by atomic mass is 10.3.